The van der Waals surface area contributed by atoms with Crippen LogP contribution in [0.15, 0.2) is 47.0 Å². The molecule has 0 spiro atoms. The van der Waals surface area contributed by atoms with E-state index in [0.717, 1.165) is 12.0 Å². The number of aromatic nitrogens is 2. The van der Waals surface area contributed by atoms with Crippen LogP contribution in [-0.2, 0) is 17.8 Å². The molecular formula is C21H22N2O5. The summed E-state index contributed by atoms with van der Waals surface area (Å²) in [6.45, 7) is 4.29. The summed E-state index contributed by atoms with van der Waals surface area (Å²) in [5, 5.41) is 3.94. The Hall–Kier alpha value is -3.35. The molecule has 0 radical (unpaired) electrons. The van der Waals surface area contributed by atoms with Gasteiger partial charge >= 0.3 is 5.97 Å². The van der Waals surface area contributed by atoms with Crippen molar-refractivity contribution in [1.82, 2.24) is 10.1 Å². The van der Waals surface area contributed by atoms with Crippen LogP contribution >= 0.6 is 0 Å². The fourth-order valence-corrected chi connectivity index (χ4v) is 2.60. The standard InChI is InChI=1S/C21H22N2O5/c1-4-14-6-8-15(9-7-14)20-22-19(28-23-20)13-27-21(24)16-10-11-17(25-3)18(12-16)26-5-2/h6-12H,4-5,13H2,1-3H3. The molecule has 0 unspecified atom stereocenters. The van der Waals surface area contributed by atoms with Crippen molar-refractivity contribution in [3.63, 3.8) is 0 Å². The minimum Gasteiger partial charge on any atom is -0.493 e. The Morgan fingerprint density at radius 3 is 2.54 bits per heavy atom. The van der Waals surface area contributed by atoms with Crippen molar-refractivity contribution in [3.05, 3.63) is 59.5 Å². The molecule has 1 aromatic heterocycles. The van der Waals surface area contributed by atoms with E-state index in [-0.39, 0.29) is 12.5 Å². The van der Waals surface area contributed by atoms with Gasteiger partial charge in [0.25, 0.3) is 5.89 Å². The lowest BCUT2D eigenvalue weighted by Crippen LogP contribution is -2.06. The van der Waals surface area contributed by atoms with Crippen molar-refractivity contribution in [2.75, 3.05) is 13.7 Å². The molecule has 0 aliphatic heterocycles. The average molecular weight is 382 g/mol. The van der Waals surface area contributed by atoms with E-state index in [9.17, 15) is 4.79 Å². The highest BCUT2D eigenvalue weighted by Gasteiger charge is 2.15. The van der Waals surface area contributed by atoms with Crippen LogP contribution in [0.4, 0.5) is 0 Å². The zero-order valence-corrected chi connectivity index (χ0v) is 16.1. The summed E-state index contributed by atoms with van der Waals surface area (Å²) in [7, 11) is 1.54. The van der Waals surface area contributed by atoms with Crippen molar-refractivity contribution >= 4 is 5.97 Å². The SMILES string of the molecule is CCOc1cc(C(=O)OCc2nc(-c3ccc(CC)cc3)no2)ccc1OC. The van der Waals surface area contributed by atoms with Gasteiger partial charge in [-0.05, 0) is 37.1 Å². The normalized spacial score (nSPS) is 10.5. The highest BCUT2D eigenvalue weighted by atomic mass is 16.6. The second-order valence-corrected chi connectivity index (χ2v) is 5.94. The van der Waals surface area contributed by atoms with Crippen molar-refractivity contribution in [1.29, 1.82) is 0 Å². The molecular weight excluding hydrogens is 360 g/mol. The first-order valence-electron chi connectivity index (χ1n) is 9.04. The molecule has 1 heterocycles. The van der Waals surface area contributed by atoms with E-state index in [2.05, 4.69) is 17.1 Å². The predicted octanol–water partition coefficient (Wildman–Crippen LogP) is 4.06. The van der Waals surface area contributed by atoms with Crippen LogP contribution in [0, 0.1) is 0 Å². The summed E-state index contributed by atoms with van der Waals surface area (Å²) in [4.78, 5) is 16.6. The highest BCUT2D eigenvalue weighted by Crippen LogP contribution is 2.28. The molecule has 0 saturated heterocycles. The number of hydrogen-bond acceptors (Lipinski definition) is 7. The van der Waals surface area contributed by atoms with Gasteiger partial charge in [-0.3, -0.25) is 0 Å². The zero-order valence-electron chi connectivity index (χ0n) is 16.1. The zero-order chi connectivity index (χ0) is 19.9. The third kappa shape index (κ3) is 4.49. The first-order chi connectivity index (χ1) is 13.6. The lowest BCUT2D eigenvalue weighted by molar-refractivity contribution is 0.0429. The smallest absolute Gasteiger partial charge is 0.338 e. The number of ether oxygens (including phenoxy) is 3. The van der Waals surface area contributed by atoms with E-state index < -0.39 is 5.97 Å². The maximum Gasteiger partial charge on any atom is 0.338 e. The molecule has 7 nitrogen and oxygen atoms in total. The Labute approximate surface area is 163 Å². The van der Waals surface area contributed by atoms with E-state index in [0.29, 0.717) is 29.5 Å². The molecule has 0 saturated carbocycles. The van der Waals surface area contributed by atoms with Gasteiger partial charge in [-0.15, -0.1) is 0 Å². The molecule has 2 aromatic carbocycles. The first-order valence-corrected chi connectivity index (χ1v) is 9.04. The quantitative estimate of drug-likeness (QED) is 0.543. The number of hydrogen-bond donors (Lipinski definition) is 0. The average Bonchev–Trinajstić information content (AvgIpc) is 3.21. The number of carbonyl (C=O) groups excluding carboxylic acids is 1. The first kappa shape index (κ1) is 19.4. The van der Waals surface area contributed by atoms with E-state index >= 15 is 0 Å². The van der Waals surface area contributed by atoms with Crippen LogP contribution in [0.1, 0.15) is 35.7 Å². The summed E-state index contributed by atoms with van der Waals surface area (Å²) < 4.78 is 21.1. The Morgan fingerprint density at radius 2 is 1.86 bits per heavy atom. The van der Waals surface area contributed by atoms with E-state index in [4.69, 9.17) is 18.7 Å². The Kier molecular flexibility index (Phi) is 6.26. The number of nitrogens with zero attached hydrogens (tertiary/aromatic N) is 2. The number of benzene rings is 2. The fourth-order valence-electron chi connectivity index (χ4n) is 2.60. The molecule has 3 aromatic rings. The molecule has 0 amide bonds. The molecule has 146 valence electrons. The summed E-state index contributed by atoms with van der Waals surface area (Å²) in [6.07, 6.45) is 0.962. The van der Waals surface area contributed by atoms with Gasteiger partial charge in [0.1, 0.15) is 0 Å². The summed E-state index contributed by atoms with van der Waals surface area (Å²) in [5.41, 5.74) is 2.42. The van der Waals surface area contributed by atoms with Gasteiger partial charge < -0.3 is 18.7 Å². The number of esters is 1. The van der Waals surface area contributed by atoms with E-state index in [1.165, 1.54) is 5.56 Å². The Morgan fingerprint density at radius 1 is 1.07 bits per heavy atom. The summed E-state index contributed by atoms with van der Waals surface area (Å²) >= 11 is 0. The molecule has 0 aliphatic carbocycles. The monoisotopic (exact) mass is 382 g/mol. The Balaban J connectivity index is 1.65. The van der Waals surface area contributed by atoms with Gasteiger partial charge in [0.2, 0.25) is 5.82 Å². The van der Waals surface area contributed by atoms with Crippen LogP contribution in [-0.4, -0.2) is 29.8 Å². The molecule has 3 rings (SSSR count). The second-order valence-electron chi connectivity index (χ2n) is 5.94. The molecule has 0 bridgehead atoms. The number of aryl methyl sites for hydroxylation is 1. The molecule has 7 heteroatoms. The third-order valence-corrected chi connectivity index (χ3v) is 4.11. The molecule has 0 fully saturated rings. The van der Waals surface area contributed by atoms with Crippen molar-refractivity contribution < 1.29 is 23.5 Å². The van der Waals surface area contributed by atoms with Crippen LogP contribution < -0.4 is 9.47 Å². The van der Waals surface area contributed by atoms with Crippen LogP contribution in [0.25, 0.3) is 11.4 Å². The van der Waals surface area contributed by atoms with Crippen molar-refractivity contribution in [2.45, 2.75) is 26.9 Å². The van der Waals surface area contributed by atoms with Crippen LogP contribution in [0.5, 0.6) is 11.5 Å². The van der Waals surface area contributed by atoms with Crippen LogP contribution in [0.3, 0.4) is 0 Å². The maximum atomic E-state index is 12.3. The van der Waals surface area contributed by atoms with Crippen molar-refractivity contribution in [3.8, 4) is 22.9 Å². The van der Waals surface area contributed by atoms with Crippen LogP contribution in [0.2, 0.25) is 0 Å². The van der Waals surface area contributed by atoms with Gasteiger partial charge in [-0.1, -0.05) is 36.3 Å². The maximum absolute atomic E-state index is 12.3. The minimum absolute atomic E-state index is 0.116. The van der Waals surface area contributed by atoms with E-state index in [1.54, 1.807) is 25.3 Å². The van der Waals surface area contributed by atoms with Gasteiger partial charge in [-0.2, -0.15) is 4.98 Å². The fraction of sp³-hybridized carbons (Fsp3) is 0.286. The number of methoxy groups -OCH3 is 1. The number of carbonyl (C=O) groups is 1. The third-order valence-electron chi connectivity index (χ3n) is 4.11. The topological polar surface area (TPSA) is 83.7 Å². The molecule has 28 heavy (non-hydrogen) atoms. The largest absolute Gasteiger partial charge is 0.493 e. The lowest BCUT2D eigenvalue weighted by atomic mass is 10.1. The van der Waals surface area contributed by atoms with Gasteiger partial charge in [0, 0.05) is 5.56 Å². The highest BCUT2D eigenvalue weighted by molar-refractivity contribution is 5.90. The molecule has 0 atom stereocenters. The minimum atomic E-state index is -0.518. The summed E-state index contributed by atoms with van der Waals surface area (Å²) in [5.74, 6) is 1.19. The Bertz CT molecular complexity index is 934. The van der Waals surface area contributed by atoms with Gasteiger partial charge in [-0.25, -0.2) is 4.79 Å². The molecule has 0 aliphatic rings. The predicted molar refractivity (Wildman–Crippen MR) is 102 cm³/mol. The van der Waals surface area contributed by atoms with E-state index in [1.807, 2.05) is 31.2 Å². The number of rotatable bonds is 8. The van der Waals surface area contributed by atoms with Crippen molar-refractivity contribution in [2.24, 2.45) is 0 Å². The lowest BCUT2D eigenvalue weighted by Gasteiger charge is -2.10. The van der Waals surface area contributed by atoms with Gasteiger partial charge in [0.15, 0.2) is 18.1 Å². The second kappa shape index (κ2) is 9.03. The van der Waals surface area contributed by atoms with Gasteiger partial charge in [0.05, 0.1) is 19.3 Å². The molecule has 0 N–H and O–H groups in total. The summed E-state index contributed by atoms with van der Waals surface area (Å²) in [6, 6.07) is 12.8.